The molecule has 2 aromatic carbocycles. The minimum absolute atomic E-state index is 0.195. The van der Waals surface area contributed by atoms with Gasteiger partial charge in [0.1, 0.15) is 0 Å². The van der Waals surface area contributed by atoms with Crippen LogP contribution in [0.3, 0.4) is 0 Å². The van der Waals surface area contributed by atoms with Gasteiger partial charge in [0.25, 0.3) is 15.9 Å². The van der Waals surface area contributed by atoms with Crippen molar-refractivity contribution >= 4 is 27.3 Å². The maximum atomic E-state index is 12.7. The highest BCUT2D eigenvalue weighted by Crippen LogP contribution is 2.31. The molecular formula is C21H20N2O4S. The van der Waals surface area contributed by atoms with E-state index in [1.807, 2.05) is 6.92 Å². The van der Waals surface area contributed by atoms with E-state index >= 15 is 0 Å². The summed E-state index contributed by atoms with van der Waals surface area (Å²) in [6.07, 6.45) is 3.05. The van der Waals surface area contributed by atoms with Crippen LogP contribution in [0, 0.1) is 6.92 Å². The molecule has 1 amide bonds. The summed E-state index contributed by atoms with van der Waals surface area (Å²) < 4.78 is 33.1. The number of furan rings is 1. The van der Waals surface area contributed by atoms with Gasteiger partial charge in [0.05, 0.1) is 11.2 Å². The van der Waals surface area contributed by atoms with Gasteiger partial charge in [-0.1, -0.05) is 17.7 Å². The van der Waals surface area contributed by atoms with Crippen molar-refractivity contribution in [1.29, 1.82) is 0 Å². The van der Waals surface area contributed by atoms with Crippen LogP contribution in [0.15, 0.2) is 70.2 Å². The quantitative estimate of drug-likeness (QED) is 0.723. The lowest BCUT2D eigenvalue weighted by Crippen LogP contribution is -2.35. The van der Waals surface area contributed by atoms with Crippen molar-refractivity contribution in [2.45, 2.75) is 24.7 Å². The molecule has 0 spiro atoms. The van der Waals surface area contributed by atoms with Crippen LogP contribution in [0.4, 0.5) is 11.4 Å². The largest absolute Gasteiger partial charge is 0.459 e. The molecule has 28 heavy (non-hydrogen) atoms. The van der Waals surface area contributed by atoms with Crippen molar-refractivity contribution in [2.75, 3.05) is 16.2 Å². The predicted molar refractivity (Wildman–Crippen MR) is 107 cm³/mol. The Labute approximate surface area is 163 Å². The molecule has 2 heterocycles. The van der Waals surface area contributed by atoms with Crippen LogP contribution in [0.25, 0.3) is 0 Å². The van der Waals surface area contributed by atoms with Gasteiger partial charge in [0, 0.05) is 17.9 Å². The Kier molecular flexibility index (Phi) is 4.68. The average Bonchev–Trinajstić information content (AvgIpc) is 3.21. The first-order valence-corrected chi connectivity index (χ1v) is 10.5. The van der Waals surface area contributed by atoms with Crippen LogP contribution in [0.5, 0.6) is 0 Å². The summed E-state index contributed by atoms with van der Waals surface area (Å²) in [7, 11) is -3.67. The van der Waals surface area contributed by atoms with Crippen molar-refractivity contribution in [3.05, 3.63) is 77.7 Å². The third-order valence-corrected chi connectivity index (χ3v) is 6.16. The van der Waals surface area contributed by atoms with Gasteiger partial charge in [0.2, 0.25) is 0 Å². The molecule has 0 fully saturated rings. The standard InChI is InChI=1S/C21H20N2O4S/c1-15-6-9-18(10-7-15)28(25,26)22-17-8-11-19-16(14-17)4-2-12-23(19)21(24)20-5-3-13-27-20/h3,5-11,13-14,22H,2,4,12H2,1H3. The number of nitrogens with one attached hydrogen (secondary N) is 1. The topological polar surface area (TPSA) is 79.6 Å². The summed E-state index contributed by atoms with van der Waals surface area (Å²) in [5.41, 5.74) is 3.18. The molecular weight excluding hydrogens is 376 g/mol. The summed E-state index contributed by atoms with van der Waals surface area (Å²) in [6, 6.07) is 15.3. The van der Waals surface area contributed by atoms with Crippen LogP contribution in [0.1, 0.15) is 28.1 Å². The fourth-order valence-electron chi connectivity index (χ4n) is 3.34. The molecule has 144 valence electrons. The van der Waals surface area contributed by atoms with Gasteiger partial charge in [-0.2, -0.15) is 0 Å². The molecule has 0 unspecified atom stereocenters. The number of amides is 1. The third kappa shape index (κ3) is 3.53. The Morgan fingerprint density at radius 3 is 2.61 bits per heavy atom. The first kappa shape index (κ1) is 18.3. The van der Waals surface area contributed by atoms with E-state index < -0.39 is 10.0 Å². The molecule has 3 aromatic rings. The fraction of sp³-hybridized carbons (Fsp3) is 0.190. The van der Waals surface area contributed by atoms with E-state index in [1.165, 1.54) is 6.26 Å². The van der Waals surface area contributed by atoms with Gasteiger partial charge in [-0.3, -0.25) is 9.52 Å². The van der Waals surface area contributed by atoms with E-state index in [1.54, 1.807) is 59.5 Å². The van der Waals surface area contributed by atoms with Crippen LogP contribution in [-0.4, -0.2) is 20.9 Å². The van der Waals surface area contributed by atoms with Crippen LogP contribution < -0.4 is 9.62 Å². The Morgan fingerprint density at radius 2 is 1.89 bits per heavy atom. The van der Waals surface area contributed by atoms with Crippen molar-refractivity contribution in [3.63, 3.8) is 0 Å². The number of carbonyl (C=O) groups is 1. The maximum Gasteiger partial charge on any atom is 0.293 e. The lowest BCUT2D eigenvalue weighted by molar-refractivity contribution is 0.0958. The summed E-state index contributed by atoms with van der Waals surface area (Å²) in [4.78, 5) is 14.6. The molecule has 0 bridgehead atoms. The molecule has 0 radical (unpaired) electrons. The number of anilines is 2. The third-order valence-electron chi connectivity index (χ3n) is 4.76. The summed E-state index contributed by atoms with van der Waals surface area (Å²) in [5.74, 6) is 0.0935. The molecule has 6 nitrogen and oxygen atoms in total. The predicted octanol–water partition coefficient (Wildman–Crippen LogP) is 3.98. The van der Waals surface area contributed by atoms with E-state index in [0.717, 1.165) is 29.7 Å². The smallest absolute Gasteiger partial charge is 0.293 e. The van der Waals surface area contributed by atoms with Crippen molar-refractivity contribution < 1.29 is 17.6 Å². The molecule has 1 aromatic heterocycles. The van der Waals surface area contributed by atoms with E-state index in [0.29, 0.717) is 12.2 Å². The van der Waals surface area contributed by atoms with E-state index in [-0.39, 0.29) is 16.6 Å². The maximum absolute atomic E-state index is 12.7. The number of sulfonamides is 1. The first-order valence-electron chi connectivity index (χ1n) is 9.02. The molecule has 7 heteroatoms. The lowest BCUT2D eigenvalue weighted by Gasteiger charge is -2.29. The molecule has 1 aliphatic rings. The lowest BCUT2D eigenvalue weighted by atomic mass is 10.0. The van der Waals surface area contributed by atoms with E-state index in [2.05, 4.69) is 4.72 Å². The number of hydrogen-bond acceptors (Lipinski definition) is 4. The Balaban J connectivity index is 1.60. The van der Waals surface area contributed by atoms with Gasteiger partial charge in [-0.25, -0.2) is 8.42 Å². The highest BCUT2D eigenvalue weighted by molar-refractivity contribution is 7.92. The van der Waals surface area contributed by atoms with E-state index in [4.69, 9.17) is 4.42 Å². The van der Waals surface area contributed by atoms with Gasteiger partial charge >= 0.3 is 0 Å². The Bertz CT molecular complexity index is 1100. The average molecular weight is 396 g/mol. The number of fused-ring (bicyclic) bond motifs is 1. The minimum Gasteiger partial charge on any atom is -0.459 e. The minimum atomic E-state index is -3.67. The fourth-order valence-corrected chi connectivity index (χ4v) is 4.39. The number of hydrogen-bond donors (Lipinski definition) is 1. The number of rotatable bonds is 4. The van der Waals surface area contributed by atoms with Crippen molar-refractivity contribution in [3.8, 4) is 0 Å². The second-order valence-electron chi connectivity index (χ2n) is 6.80. The number of benzene rings is 2. The zero-order chi connectivity index (χ0) is 19.7. The van der Waals surface area contributed by atoms with Crippen molar-refractivity contribution in [2.24, 2.45) is 0 Å². The zero-order valence-electron chi connectivity index (χ0n) is 15.4. The first-order chi connectivity index (χ1) is 13.4. The summed E-state index contributed by atoms with van der Waals surface area (Å²) in [6.45, 7) is 2.50. The molecule has 1 N–H and O–H groups in total. The number of carbonyl (C=O) groups excluding carboxylic acids is 1. The van der Waals surface area contributed by atoms with Crippen LogP contribution >= 0.6 is 0 Å². The monoisotopic (exact) mass is 396 g/mol. The van der Waals surface area contributed by atoms with Crippen molar-refractivity contribution in [1.82, 2.24) is 0 Å². The molecule has 4 rings (SSSR count). The number of aryl methyl sites for hydroxylation is 2. The zero-order valence-corrected chi connectivity index (χ0v) is 16.2. The Morgan fingerprint density at radius 1 is 1.11 bits per heavy atom. The molecule has 1 aliphatic heterocycles. The summed E-state index contributed by atoms with van der Waals surface area (Å²) in [5, 5.41) is 0. The summed E-state index contributed by atoms with van der Waals surface area (Å²) >= 11 is 0. The number of nitrogens with zero attached hydrogens (tertiary/aromatic N) is 1. The Hall–Kier alpha value is -3.06. The highest BCUT2D eigenvalue weighted by Gasteiger charge is 2.26. The van der Waals surface area contributed by atoms with Gasteiger partial charge in [-0.05, 0) is 67.8 Å². The molecule has 0 aliphatic carbocycles. The van der Waals surface area contributed by atoms with Gasteiger partial charge in [-0.15, -0.1) is 0 Å². The van der Waals surface area contributed by atoms with Gasteiger partial charge in [0.15, 0.2) is 5.76 Å². The normalized spacial score (nSPS) is 13.8. The molecule has 0 saturated carbocycles. The van der Waals surface area contributed by atoms with Gasteiger partial charge < -0.3 is 9.32 Å². The second kappa shape index (κ2) is 7.16. The SMILES string of the molecule is Cc1ccc(S(=O)(=O)Nc2ccc3c(c2)CCCN3C(=O)c2ccco2)cc1. The van der Waals surface area contributed by atoms with E-state index in [9.17, 15) is 13.2 Å². The second-order valence-corrected chi connectivity index (χ2v) is 8.48. The van der Waals surface area contributed by atoms with Crippen LogP contribution in [0.2, 0.25) is 0 Å². The molecule has 0 saturated heterocycles. The molecule has 0 atom stereocenters. The van der Waals surface area contributed by atoms with Crippen LogP contribution in [-0.2, 0) is 16.4 Å². The highest BCUT2D eigenvalue weighted by atomic mass is 32.2.